The Labute approximate surface area is 150 Å². The predicted molar refractivity (Wildman–Crippen MR) is 96.3 cm³/mol. The van der Waals surface area contributed by atoms with Crippen LogP contribution >= 0.6 is 11.8 Å². The van der Waals surface area contributed by atoms with E-state index in [1.165, 1.54) is 0 Å². The number of aromatic amines is 1. The van der Waals surface area contributed by atoms with Crippen LogP contribution in [0.4, 0.5) is 0 Å². The van der Waals surface area contributed by atoms with Crippen LogP contribution in [0.2, 0.25) is 0 Å². The minimum Gasteiger partial charge on any atom is -0.366 e. The van der Waals surface area contributed by atoms with E-state index in [-0.39, 0.29) is 11.8 Å². The molecule has 4 N–H and O–H groups in total. The second-order valence-electron chi connectivity index (χ2n) is 5.77. The highest BCUT2D eigenvalue weighted by molar-refractivity contribution is 7.98. The van der Waals surface area contributed by atoms with Gasteiger partial charge in [-0.15, -0.1) is 0 Å². The molecule has 0 spiro atoms. The number of thioether (sulfide) groups is 1. The fourth-order valence-corrected chi connectivity index (χ4v) is 2.97. The van der Waals surface area contributed by atoms with Crippen LogP contribution in [0.1, 0.15) is 24.2 Å². The SMILES string of the molecule is Cc1[nH]cnc1CSCCN/C(=C/[N+](=O)[O-])NCCNC(=O)C1CC1. The summed E-state index contributed by atoms with van der Waals surface area (Å²) in [5.74, 6) is 2.18. The van der Waals surface area contributed by atoms with Crippen molar-refractivity contribution in [1.82, 2.24) is 25.9 Å². The van der Waals surface area contributed by atoms with Gasteiger partial charge < -0.3 is 20.9 Å². The molecular formula is C15H24N6O3S. The minimum absolute atomic E-state index is 0.0691. The van der Waals surface area contributed by atoms with E-state index in [1.807, 2.05) is 6.92 Å². The Hall–Kier alpha value is -2.23. The molecule has 2 rings (SSSR count). The van der Waals surface area contributed by atoms with E-state index in [9.17, 15) is 14.9 Å². The molecule has 0 aromatic carbocycles. The lowest BCUT2D eigenvalue weighted by atomic mass is 10.4. The van der Waals surface area contributed by atoms with Gasteiger partial charge in [0.1, 0.15) is 0 Å². The average molecular weight is 368 g/mol. The lowest BCUT2D eigenvalue weighted by molar-refractivity contribution is -0.404. The van der Waals surface area contributed by atoms with Crippen molar-refractivity contribution in [3.05, 3.63) is 39.9 Å². The zero-order chi connectivity index (χ0) is 18.1. The molecule has 0 aliphatic heterocycles. The average Bonchev–Trinajstić information content (AvgIpc) is 3.34. The number of H-pyrrole nitrogens is 1. The van der Waals surface area contributed by atoms with E-state index in [2.05, 4.69) is 25.9 Å². The summed E-state index contributed by atoms with van der Waals surface area (Å²) in [5, 5.41) is 19.5. The van der Waals surface area contributed by atoms with Gasteiger partial charge in [-0.05, 0) is 19.8 Å². The van der Waals surface area contributed by atoms with Crippen molar-refractivity contribution in [3.8, 4) is 0 Å². The van der Waals surface area contributed by atoms with Gasteiger partial charge in [-0.2, -0.15) is 11.8 Å². The maximum atomic E-state index is 11.5. The molecule has 1 aromatic rings. The Bertz CT molecular complexity index is 614. The quantitative estimate of drug-likeness (QED) is 0.243. The molecule has 9 nitrogen and oxygen atoms in total. The van der Waals surface area contributed by atoms with Gasteiger partial charge in [0.25, 0.3) is 6.20 Å². The summed E-state index contributed by atoms with van der Waals surface area (Å²) in [7, 11) is 0. The van der Waals surface area contributed by atoms with Crippen LogP contribution in [-0.4, -0.2) is 46.2 Å². The van der Waals surface area contributed by atoms with E-state index in [0.29, 0.717) is 25.5 Å². The summed E-state index contributed by atoms with van der Waals surface area (Å²) in [6.07, 6.45) is 4.50. The Balaban J connectivity index is 1.60. The van der Waals surface area contributed by atoms with Crippen LogP contribution < -0.4 is 16.0 Å². The molecule has 0 saturated heterocycles. The zero-order valence-corrected chi connectivity index (χ0v) is 15.0. The number of carbonyl (C=O) groups excluding carboxylic acids is 1. The molecule has 1 saturated carbocycles. The molecule has 1 aromatic heterocycles. The fourth-order valence-electron chi connectivity index (χ4n) is 2.09. The number of rotatable bonds is 12. The zero-order valence-electron chi connectivity index (χ0n) is 14.2. The number of amides is 1. The third kappa shape index (κ3) is 7.46. The molecule has 0 atom stereocenters. The first kappa shape index (κ1) is 19.1. The summed E-state index contributed by atoms with van der Waals surface area (Å²) in [6, 6.07) is 0. The van der Waals surface area contributed by atoms with Gasteiger partial charge in [0, 0.05) is 42.8 Å². The minimum atomic E-state index is -0.502. The lowest BCUT2D eigenvalue weighted by Gasteiger charge is -2.11. The van der Waals surface area contributed by atoms with Gasteiger partial charge in [0.2, 0.25) is 5.91 Å². The van der Waals surface area contributed by atoms with Crippen LogP contribution in [0.5, 0.6) is 0 Å². The first-order chi connectivity index (χ1) is 12.1. The highest BCUT2D eigenvalue weighted by Gasteiger charge is 2.28. The van der Waals surface area contributed by atoms with Gasteiger partial charge in [-0.1, -0.05) is 0 Å². The summed E-state index contributed by atoms with van der Waals surface area (Å²) in [5.41, 5.74) is 2.08. The standard InChI is InChI=1S/C15H24N6O3S/c1-11-13(20-10-19-11)9-25-7-6-17-14(8-21(23)24)16-4-5-18-15(22)12-2-3-12/h8,10,12,16-17H,2-7,9H2,1H3,(H,18,22)(H,19,20)/b14-8+. The lowest BCUT2D eigenvalue weighted by Crippen LogP contribution is -2.36. The molecule has 1 aliphatic carbocycles. The Morgan fingerprint density at radius 2 is 2.12 bits per heavy atom. The number of aryl methyl sites for hydroxylation is 1. The van der Waals surface area contributed by atoms with E-state index in [4.69, 9.17) is 0 Å². The largest absolute Gasteiger partial charge is 0.366 e. The van der Waals surface area contributed by atoms with Crippen molar-refractivity contribution < 1.29 is 9.72 Å². The van der Waals surface area contributed by atoms with Crippen molar-refractivity contribution in [2.45, 2.75) is 25.5 Å². The van der Waals surface area contributed by atoms with E-state index in [0.717, 1.165) is 41.9 Å². The second-order valence-corrected chi connectivity index (χ2v) is 6.88. The number of imidazole rings is 1. The third-order valence-corrected chi connectivity index (χ3v) is 4.63. The van der Waals surface area contributed by atoms with Gasteiger partial charge >= 0.3 is 0 Å². The van der Waals surface area contributed by atoms with Gasteiger partial charge in [0.15, 0.2) is 5.82 Å². The molecule has 0 radical (unpaired) electrons. The molecule has 138 valence electrons. The molecule has 10 heteroatoms. The molecule has 25 heavy (non-hydrogen) atoms. The van der Waals surface area contributed by atoms with Gasteiger partial charge in [-0.25, -0.2) is 4.98 Å². The number of hydrogen-bond acceptors (Lipinski definition) is 7. The van der Waals surface area contributed by atoms with Crippen molar-refractivity contribution in [2.75, 3.05) is 25.4 Å². The monoisotopic (exact) mass is 368 g/mol. The second kappa shape index (κ2) is 9.92. The van der Waals surface area contributed by atoms with E-state index in [1.54, 1.807) is 18.1 Å². The first-order valence-electron chi connectivity index (χ1n) is 8.23. The highest BCUT2D eigenvalue weighted by Crippen LogP contribution is 2.28. The number of nitro groups is 1. The van der Waals surface area contributed by atoms with Crippen molar-refractivity contribution in [3.63, 3.8) is 0 Å². The van der Waals surface area contributed by atoms with Crippen molar-refractivity contribution in [2.24, 2.45) is 5.92 Å². The van der Waals surface area contributed by atoms with Crippen LogP contribution in [0.25, 0.3) is 0 Å². The number of aromatic nitrogens is 2. The summed E-state index contributed by atoms with van der Waals surface area (Å²) in [4.78, 5) is 29.0. The topological polar surface area (TPSA) is 125 Å². The van der Waals surface area contributed by atoms with Crippen LogP contribution in [-0.2, 0) is 10.5 Å². The number of hydrogen-bond donors (Lipinski definition) is 4. The molecule has 1 amide bonds. The fraction of sp³-hybridized carbons (Fsp3) is 0.600. The van der Waals surface area contributed by atoms with Crippen LogP contribution in [0.15, 0.2) is 18.3 Å². The molecule has 0 unspecified atom stereocenters. The van der Waals surface area contributed by atoms with Crippen molar-refractivity contribution >= 4 is 17.7 Å². The number of carbonyl (C=O) groups is 1. The first-order valence-corrected chi connectivity index (χ1v) is 9.39. The van der Waals surface area contributed by atoms with E-state index >= 15 is 0 Å². The van der Waals surface area contributed by atoms with Gasteiger partial charge in [0.05, 0.1) is 16.9 Å². The van der Waals surface area contributed by atoms with E-state index < -0.39 is 4.92 Å². The summed E-state index contributed by atoms with van der Waals surface area (Å²) < 4.78 is 0. The maximum absolute atomic E-state index is 11.5. The molecule has 1 aliphatic rings. The smallest absolute Gasteiger partial charge is 0.274 e. The predicted octanol–water partition coefficient (Wildman–Crippen LogP) is 0.732. The highest BCUT2D eigenvalue weighted by atomic mass is 32.2. The maximum Gasteiger partial charge on any atom is 0.274 e. The Morgan fingerprint density at radius 1 is 1.40 bits per heavy atom. The number of nitrogens with zero attached hydrogens (tertiary/aromatic N) is 2. The molecular weight excluding hydrogens is 344 g/mol. The molecule has 1 fully saturated rings. The molecule has 0 bridgehead atoms. The number of nitrogens with one attached hydrogen (secondary N) is 4. The van der Waals surface area contributed by atoms with Crippen LogP contribution in [0.3, 0.4) is 0 Å². The van der Waals surface area contributed by atoms with Crippen LogP contribution in [0, 0.1) is 23.0 Å². The normalized spacial score (nSPS) is 14.2. The summed E-state index contributed by atoms with van der Waals surface area (Å²) >= 11 is 1.70. The molecule has 1 heterocycles. The van der Waals surface area contributed by atoms with Gasteiger partial charge in [-0.3, -0.25) is 14.9 Å². The van der Waals surface area contributed by atoms with Crippen molar-refractivity contribution in [1.29, 1.82) is 0 Å². The Morgan fingerprint density at radius 3 is 2.76 bits per heavy atom. The third-order valence-electron chi connectivity index (χ3n) is 3.66. The Kier molecular flexibility index (Phi) is 7.58. The summed E-state index contributed by atoms with van der Waals surface area (Å²) in [6.45, 7) is 3.45.